The molecule has 0 radical (unpaired) electrons. The number of fused-ring (bicyclic) bond motifs is 1. The molecule has 3 heterocycles. The zero-order valence-electron chi connectivity index (χ0n) is 19.2. The Kier molecular flexibility index (Phi) is 5.92. The smallest absolute Gasteiger partial charge is 0.338 e. The van der Waals surface area contributed by atoms with Crippen molar-refractivity contribution in [3.8, 4) is 0 Å². The van der Waals surface area contributed by atoms with Gasteiger partial charge in [0.25, 0.3) is 5.91 Å². The van der Waals surface area contributed by atoms with E-state index in [9.17, 15) is 9.59 Å². The normalized spacial score (nSPS) is 20.8. The number of carbonyl (C=O) groups excluding carboxylic acids is 2. The summed E-state index contributed by atoms with van der Waals surface area (Å²) in [7, 11) is 0. The van der Waals surface area contributed by atoms with Crippen molar-refractivity contribution in [1.29, 1.82) is 0 Å². The first-order valence-electron chi connectivity index (χ1n) is 11.4. The molecule has 1 aromatic carbocycles. The Labute approximate surface area is 197 Å². The highest BCUT2D eigenvalue weighted by atomic mass is 16.5. The molecule has 2 aliphatic rings. The van der Waals surface area contributed by atoms with Crippen LogP contribution in [0.2, 0.25) is 0 Å². The number of hydrazone groups is 1. The summed E-state index contributed by atoms with van der Waals surface area (Å²) in [5.74, 6) is 0.493. The van der Waals surface area contributed by atoms with E-state index in [1.165, 1.54) is 5.01 Å². The van der Waals surface area contributed by atoms with E-state index in [1.54, 1.807) is 30.7 Å². The predicted octanol–water partition coefficient (Wildman–Crippen LogP) is 5.47. The van der Waals surface area contributed by atoms with Crippen LogP contribution in [0.1, 0.15) is 58.3 Å². The standard InChI is InChI=1S/C27H26N2O5/c1-17-12-18(2)14-20(13-17)27(31)34-16-24(30)29-26(23-9-5-11-33-23)22-8-3-6-19(25(22)28-29)15-21-7-4-10-32-21/h4-5,7,9-15,22,26H,3,6,8,16H2,1-2H3. The fraction of sp³-hybridized carbons (Fsp3) is 0.296. The summed E-state index contributed by atoms with van der Waals surface area (Å²) < 4.78 is 16.6. The molecule has 174 valence electrons. The van der Waals surface area contributed by atoms with Crippen LogP contribution in [0.3, 0.4) is 0 Å². The Balaban J connectivity index is 1.39. The number of rotatable bonds is 5. The molecular weight excluding hydrogens is 432 g/mol. The Hall–Kier alpha value is -3.87. The summed E-state index contributed by atoms with van der Waals surface area (Å²) in [6, 6.07) is 12.5. The van der Waals surface area contributed by atoms with Crippen molar-refractivity contribution >= 4 is 23.7 Å². The number of allylic oxidation sites excluding steroid dienone is 1. The minimum absolute atomic E-state index is 0.000172. The van der Waals surface area contributed by atoms with Gasteiger partial charge in [0.05, 0.1) is 23.8 Å². The quantitative estimate of drug-likeness (QED) is 0.473. The highest BCUT2D eigenvalue weighted by Crippen LogP contribution is 2.44. The van der Waals surface area contributed by atoms with E-state index in [0.29, 0.717) is 11.3 Å². The van der Waals surface area contributed by atoms with Gasteiger partial charge >= 0.3 is 5.97 Å². The van der Waals surface area contributed by atoms with Gasteiger partial charge in [0.2, 0.25) is 0 Å². The lowest BCUT2D eigenvalue weighted by Gasteiger charge is -2.27. The van der Waals surface area contributed by atoms with Crippen LogP contribution in [0.5, 0.6) is 0 Å². The number of ether oxygens (including phenoxy) is 1. The maximum atomic E-state index is 13.2. The molecule has 0 spiro atoms. The molecule has 0 bridgehead atoms. The average molecular weight is 459 g/mol. The van der Waals surface area contributed by atoms with Crippen molar-refractivity contribution in [2.24, 2.45) is 11.0 Å². The SMILES string of the molecule is Cc1cc(C)cc(C(=O)OCC(=O)N2N=C3C(=Cc4ccco4)CCCC3C2c2ccco2)c1. The third-order valence-electron chi connectivity index (χ3n) is 6.24. The minimum Gasteiger partial charge on any atom is -0.467 e. The maximum Gasteiger partial charge on any atom is 0.338 e. The van der Waals surface area contributed by atoms with Gasteiger partial charge in [-0.1, -0.05) is 17.2 Å². The molecule has 1 fully saturated rings. The van der Waals surface area contributed by atoms with E-state index >= 15 is 0 Å². The maximum absolute atomic E-state index is 13.2. The number of hydrogen-bond acceptors (Lipinski definition) is 6. The second-order valence-corrected chi connectivity index (χ2v) is 8.82. The molecule has 1 amide bonds. The molecular formula is C27H26N2O5. The van der Waals surface area contributed by atoms with Gasteiger partial charge in [0, 0.05) is 5.92 Å². The van der Waals surface area contributed by atoms with E-state index in [2.05, 4.69) is 0 Å². The van der Waals surface area contributed by atoms with Crippen molar-refractivity contribution in [2.75, 3.05) is 6.61 Å². The molecule has 2 aromatic heterocycles. The number of benzene rings is 1. The number of furan rings is 2. The van der Waals surface area contributed by atoms with Crippen LogP contribution in [0.15, 0.2) is 74.5 Å². The highest BCUT2D eigenvalue weighted by molar-refractivity contribution is 6.08. The van der Waals surface area contributed by atoms with Crippen molar-refractivity contribution in [1.82, 2.24) is 5.01 Å². The second-order valence-electron chi connectivity index (χ2n) is 8.82. The lowest BCUT2D eigenvalue weighted by atomic mass is 9.79. The number of esters is 1. The first-order chi connectivity index (χ1) is 16.5. The Morgan fingerprint density at radius 2 is 1.88 bits per heavy atom. The molecule has 2 unspecified atom stereocenters. The van der Waals surface area contributed by atoms with E-state index in [4.69, 9.17) is 18.7 Å². The van der Waals surface area contributed by atoms with Crippen LogP contribution in [0.4, 0.5) is 0 Å². The molecule has 34 heavy (non-hydrogen) atoms. The molecule has 5 rings (SSSR count). The second kappa shape index (κ2) is 9.17. The van der Waals surface area contributed by atoms with Gasteiger partial charge in [-0.25, -0.2) is 9.80 Å². The molecule has 0 N–H and O–H groups in total. The van der Waals surface area contributed by atoms with E-state index in [1.807, 2.05) is 44.2 Å². The van der Waals surface area contributed by atoms with E-state index < -0.39 is 18.5 Å². The monoisotopic (exact) mass is 458 g/mol. The summed E-state index contributed by atoms with van der Waals surface area (Å²) in [6.45, 7) is 3.43. The molecule has 1 aliphatic heterocycles. The van der Waals surface area contributed by atoms with E-state index in [0.717, 1.165) is 47.4 Å². The Bertz CT molecular complexity index is 1230. The summed E-state index contributed by atoms with van der Waals surface area (Å²) in [5.41, 5.74) is 4.25. The number of aryl methyl sites for hydroxylation is 2. The third kappa shape index (κ3) is 4.33. The Morgan fingerprint density at radius 3 is 2.59 bits per heavy atom. The summed E-state index contributed by atoms with van der Waals surface area (Å²) in [4.78, 5) is 25.8. The van der Waals surface area contributed by atoms with Crippen LogP contribution in [0, 0.1) is 19.8 Å². The average Bonchev–Trinajstić information content (AvgIpc) is 3.57. The topological polar surface area (TPSA) is 85.3 Å². The molecule has 0 saturated heterocycles. The molecule has 1 aliphatic carbocycles. The zero-order chi connectivity index (χ0) is 23.7. The molecule has 7 nitrogen and oxygen atoms in total. The van der Waals surface area contributed by atoms with Crippen molar-refractivity contribution in [3.05, 3.63) is 88.8 Å². The van der Waals surface area contributed by atoms with Gasteiger partial charge in [-0.2, -0.15) is 5.10 Å². The van der Waals surface area contributed by atoms with Gasteiger partial charge in [-0.15, -0.1) is 0 Å². The number of nitrogens with zero attached hydrogens (tertiary/aromatic N) is 2. The fourth-order valence-electron chi connectivity index (χ4n) is 4.86. The molecule has 7 heteroatoms. The highest BCUT2D eigenvalue weighted by Gasteiger charge is 2.45. The largest absolute Gasteiger partial charge is 0.467 e. The number of carbonyl (C=O) groups is 2. The Morgan fingerprint density at radius 1 is 1.12 bits per heavy atom. The van der Waals surface area contributed by atoms with Crippen molar-refractivity contribution in [3.63, 3.8) is 0 Å². The summed E-state index contributed by atoms with van der Waals surface area (Å²) in [6.07, 6.45) is 7.92. The van der Waals surface area contributed by atoms with Crippen LogP contribution in [-0.4, -0.2) is 29.2 Å². The van der Waals surface area contributed by atoms with Crippen LogP contribution in [0.25, 0.3) is 6.08 Å². The number of hydrogen-bond donors (Lipinski definition) is 0. The van der Waals surface area contributed by atoms with Crippen molar-refractivity contribution < 1.29 is 23.2 Å². The molecule has 3 aromatic rings. The first-order valence-corrected chi connectivity index (χ1v) is 11.4. The molecule has 1 saturated carbocycles. The lowest BCUT2D eigenvalue weighted by Crippen LogP contribution is -2.34. The summed E-state index contributed by atoms with van der Waals surface area (Å²) >= 11 is 0. The predicted molar refractivity (Wildman–Crippen MR) is 126 cm³/mol. The molecule has 2 atom stereocenters. The third-order valence-corrected chi connectivity index (χ3v) is 6.24. The van der Waals surface area contributed by atoms with Gasteiger partial charge < -0.3 is 13.6 Å². The van der Waals surface area contributed by atoms with Gasteiger partial charge in [0.15, 0.2) is 6.61 Å². The van der Waals surface area contributed by atoms with Crippen LogP contribution >= 0.6 is 0 Å². The lowest BCUT2D eigenvalue weighted by molar-refractivity contribution is -0.137. The van der Waals surface area contributed by atoms with Gasteiger partial charge in [-0.05, 0) is 81.2 Å². The number of amides is 1. The summed E-state index contributed by atoms with van der Waals surface area (Å²) in [5, 5.41) is 6.15. The van der Waals surface area contributed by atoms with Crippen molar-refractivity contribution in [2.45, 2.75) is 39.2 Å². The minimum atomic E-state index is -0.530. The van der Waals surface area contributed by atoms with Crippen LogP contribution in [-0.2, 0) is 9.53 Å². The van der Waals surface area contributed by atoms with Crippen LogP contribution < -0.4 is 0 Å². The fourth-order valence-corrected chi connectivity index (χ4v) is 4.86. The van der Waals surface area contributed by atoms with Gasteiger partial charge in [-0.3, -0.25) is 4.79 Å². The zero-order valence-corrected chi connectivity index (χ0v) is 19.2. The van der Waals surface area contributed by atoms with Gasteiger partial charge in [0.1, 0.15) is 17.6 Å². The van der Waals surface area contributed by atoms with E-state index in [-0.39, 0.29) is 12.0 Å². The first kappa shape index (κ1) is 21.9.